The standard InChI is InChI=1S/C8H9INO2/c1-10-5-3-4-6(7(10)9)8(11)12-2/h3-5H,1-2H3/q+1. The smallest absolute Gasteiger partial charge is 0.345 e. The van der Waals surface area contributed by atoms with E-state index in [4.69, 9.17) is 0 Å². The summed E-state index contributed by atoms with van der Waals surface area (Å²) >= 11 is 2.11. The molecule has 1 aromatic heterocycles. The molecule has 0 aliphatic rings. The number of hydrogen-bond donors (Lipinski definition) is 0. The molecule has 0 N–H and O–H groups in total. The van der Waals surface area contributed by atoms with E-state index in [2.05, 4.69) is 27.3 Å². The van der Waals surface area contributed by atoms with Gasteiger partial charge in [0, 0.05) is 28.7 Å². The second-order valence-electron chi connectivity index (χ2n) is 2.32. The van der Waals surface area contributed by atoms with Crippen molar-refractivity contribution >= 4 is 28.6 Å². The molecule has 12 heavy (non-hydrogen) atoms. The molecule has 1 rings (SSSR count). The molecule has 64 valence electrons. The Kier molecular flexibility index (Phi) is 3.02. The molecule has 3 nitrogen and oxygen atoms in total. The van der Waals surface area contributed by atoms with Crippen LogP contribution in [0.3, 0.4) is 0 Å². The van der Waals surface area contributed by atoms with E-state index in [-0.39, 0.29) is 5.97 Å². The Morgan fingerprint density at radius 2 is 2.33 bits per heavy atom. The van der Waals surface area contributed by atoms with Crippen LogP contribution < -0.4 is 4.57 Å². The van der Waals surface area contributed by atoms with Gasteiger partial charge in [0.05, 0.1) is 7.11 Å². The highest BCUT2D eigenvalue weighted by Gasteiger charge is 2.16. The lowest BCUT2D eigenvalue weighted by Gasteiger charge is -1.98. The Labute approximate surface area is 84.5 Å². The molecule has 0 bridgehead atoms. The molecule has 0 spiro atoms. The summed E-state index contributed by atoms with van der Waals surface area (Å²) in [6.45, 7) is 0. The van der Waals surface area contributed by atoms with Crippen LogP contribution in [0, 0.1) is 3.70 Å². The number of halogens is 1. The summed E-state index contributed by atoms with van der Waals surface area (Å²) in [7, 11) is 3.26. The van der Waals surface area contributed by atoms with Crippen LogP contribution >= 0.6 is 22.6 Å². The number of ether oxygens (including phenoxy) is 1. The number of aryl methyl sites for hydroxylation is 1. The number of pyridine rings is 1. The van der Waals surface area contributed by atoms with Crippen molar-refractivity contribution in [2.45, 2.75) is 0 Å². The number of nitrogens with zero attached hydrogens (tertiary/aromatic N) is 1. The van der Waals surface area contributed by atoms with Crippen molar-refractivity contribution in [2.75, 3.05) is 7.11 Å². The lowest BCUT2D eigenvalue weighted by atomic mass is 10.3. The molecular weight excluding hydrogens is 269 g/mol. The van der Waals surface area contributed by atoms with Crippen LogP contribution in [0.2, 0.25) is 0 Å². The summed E-state index contributed by atoms with van der Waals surface area (Å²) < 4.78 is 7.36. The third kappa shape index (κ3) is 1.74. The van der Waals surface area contributed by atoms with Gasteiger partial charge in [-0.3, -0.25) is 0 Å². The Morgan fingerprint density at radius 1 is 1.67 bits per heavy atom. The molecule has 0 aromatic carbocycles. The zero-order valence-corrected chi connectivity index (χ0v) is 9.03. The predicted molar refractivity (Wildman–Crippen MR) is 51.7 cm³/mol. The van der Waals surface area contributed by atoms with Crippen molar-refractivity contribution in [3.8, 4) is 0 Å². The van der Waals surface area contributed by atoms with E-state index in [0.29, 0.717) is 5.56 Å². The molecule has 0 fully saturated rings. The average molecular weight is 278 g/mol. The molecule has 0 saturated heterocycles. The van der Waals surface area contributed by atoms with Crippen LogP contribution in [-0.2, 0) is 11.8 Å². The molecule has 0 atom stereocenters. The molecule has 1 aromatic rings. The Balaban J connectivity index is 3.16. The van der Waals surface area contributed by atoms with E-state index in [0.717, 1.165) is 3.70 Å². The van der Waals surface area contributed by atoms with Crippen molar-refractivity contribution in [3.05, 3.63) is 27.6 Å². The van der Waals surface area contributed by atoms with Gasteiger partial charge in [-0.05, 0) is 6.07 Å². The second kappa shape index (κ2) is 3.84. The maximum atomic E-state index is 11.1. The minimum absolute atomic E-state index is 0.296. The van der Waals surface area contributed by atoms with E-state index in [1.807, 2.05) is 23.9 Å². The van der Waals surface area contributed by atoms with Gasteiger partial charge in [-0.1, -0.05) is 0 Å². The van der Waals surface area contributed by atoms with Crippen molar-refractivity contribution < 1.29 is 14.1 Å². The van der Waals surface area contributed by atoms with E-state index >= 15 is 0 Å². The van der Waals surface area contributed by atoms with Gasteiger partial charge < -0.3 is 4.74 Å². The number of carbonyl (C=O) groups excluding carboxylic acids is 1. The van der Waals surface area contributed by atoms with Gasteiger partial charge in [-0.15, -0.1) is 0 Å². The first-order valence-electron chi connectivity index (χ1n) is 3.39. The average Bonchev–Trinajstić information content (AvgIpc) is 2.08. The second-order valence-corrected chi connectivity index (χ2v) is 3.34. The van der Waals surface area contributed by atoms with Crippen LogP contribution in [0.4, 0.5) is 0 Å². The maximum absolute atomic E-state index is 11.1. The van der Waals surface area contributed by atoms with Gasteiger partial charge in [-0.2, -0.15) is 4.57 Å². The first kappa shape index (κ1) is 9.44. The first-order valence-corrected chi connectivity index (χ1v) is 4.47. The van der Waals surface area contributed by atoms with Crippen molar-refractivity contribution in [1.82, 2.24) is 0 Å². The van der Waals surface area contributed by atoms with Crippen LogP contribution in [0.1, 0.15) is 10.4 Å². The fourth-order valence-corrected chi connectivity index (χ4v) is 1.42. The van der Waals surface area contributed by atoms with Crippen molar-refractivity contribution in [3.63, 3.8) is 0 Å². The van der Waals surface area contributed by atoms with Crippen molar-refractivity contribution in [1.29, 1.82) is 0 Å². The van der Waals surface area contributed by atoms with Crippen molar-refractivity contribution in [2.24, 2.45) is 7.05 Å². The summed E-state index contributed by atoms with van der Waals surface area (Å²) in [5, 5.41) is 0. The highest BCUT2D eigenvalue weighted by atomic mass is 127. The Morgan fingerprint density at radius 3 is 2.92 bits per heavy atom. The SMILES string of the molecule is COC(=O)c1ccc[n+](C)c1I. The highest BCUT2D eigenvalue weighted by Crippen LogP contribution is 2.07. The molecule has 0 saturated carbocycles. The monoisotopic (exact) mass is 278 g/mol. The van der Waals surface area contributed by atoms with Crippen LogP contribution in [0.15, 0.2) is 18.3 Å². The van der Waals surface area contributed by atoms with E-state index < -0.39 is 0 Å². The summed E-state index contributed by atoms with van der Waals surface area (Å²) in [6.07, 6.45) is 1.88. The molecule has 0 aliphatic heterocycles. The van der Waals surface area contributed by atoms with E-state index in [9.17, 15) is 4.79 Å². The maximum Gasteiger partial charge on any atom is 0.345 e. The number of esters is 1. The zero-order chi connectivity index (χ0) is 9.14. The van der Waals surface area contributed by atoms with Gasteiger partial charge in [-0.25, -0.2) is 4.79 Å². The normalized spacial score (nSPS) is 9.58. The van der Waals surface area contributed by atoms with E-state index in [1.54, 1.807) is 6.07 Å². The Bertz CT molecular complexity index is 312. The minimum atomic E-state index is -0.296. The molecule has 0 radical (unpaired) electrons. The summed E-state index contributed by atoms with van der Waals surface area (Å²) in [5.41, 5.74) is 0.600. The van der Waals surface area contributed by atoms with Gasteiger partial charge in [0.25, 0.3) is 3.70 Å². The van der Waals surface area contributed by atoms with Crippen LogP contribution in [0.25, 0.3) is 0 Å². The largest absolute Gasteiger partial charge is 0.465 e. The van der Waals surface area contributed by atoms with Gasteiger partial charge in [0.15, 0.2) is 6.20 Å². The first-order chi connectivity index (χ1) is 5.66. The third-order valence-electron chi connectivity index (χ3n) is 1.51. The summed E-state index contributed by atoms with van der Waals surface area (Å²) in [4.78, 5) is 11.1. The highest BCUT2D eigenvalue weighted by molar-refractivity contribution is 14.1. The molecule has 1 heterocycles. The Hall–Kier alpha value is -0.650. The fraction of sp³-hybridized carbons (Fsp3) is 0.250. The number of rotatable bonds is 1. The fourth-order valence-electron chi connectivity index (χ4n) is 0.855. The number of aromatic nitrogens is 1. The number of carbonyl (C=O) groups is 1. The number of methoxy groups -OCH3 is 1. The van der Waals surface area contributed by atoms with E-state index in [1.165, 1.54) is 7.11 Å². The molecule has 0 unspecified atom stereocenters. The third-order valence-corrected chi connectivity index (χ3v) is 2.85. The predicted octanol–water partition coefficient (Wildman–Crippen LogP) is 0.902. The van der Waals surface area contributed by atoms with Crippen LogP contribution in [0.5, 0.6) is 0 Å². The van der Waals surface area contributed by atoms with Crippen LogP contribution in [-0.4, -0.2) is 13.1 Å². The van der Waals surface area contributed by atoms with Gasteiger partial charge in [0.2, 0.25) is 0 Å². The zero-order valence-electron chi connectivity index (χ0n) is 6.87. The number of hydrogen-bond acceptors (Lipinski definition) is 2. The summed E-state index contributed by atoms with van der Waals surface area (Å²) in [6, 6.07) is 3.56. The minimum Gasteiger partial charge on any atom is -0.465 e. The molecular formula is C8H9INO2+. The molecule has 0 aliphatic carbocycles. The molecule has 4 heteroatoms. The topological polar surface area (TPSA) is 30.2 Å². The lowest BCUT2D eigenvalue weighted by Crippen LogP contribution is -2.33. The quantitative estimate of drug-likeness (QED) is 0.331. The van der Waals surface area contributed by atoms with Gasteiger partial charge in [0.1, 0.15) is 12.6 Å². The molecule has 0 amide bonds. The lowest BCUT2D eigenvalue weighted by molar-refractivity contribution is -0.684. The summed E-state index contributed by atoms with van der Waals surface area (Å²) in [5.74, 6) is -0.296. The van der Waals surface area contributed by atoms with Gasteiger partial charge >= 0.3 is 5.97 Å².